The van der Waals surface area contributed by atoms with Crippen LogP contribution in [0.25, 0.3) is 10.9 Å². The van der Waals surface area contributed by atoms with E-state index >= 15 is 0 Å². The molecule has 0 bridgehead atoms. The van der Waals surface area contributed by atoms with Crippen LogP contribution in [-0.2, 0) is 6.54 Å². The van der Waals surface area contributed by atoms with Gasteiger partial charge in [-0.05, 0) is 25.1 Å². The van der Waals surface area contributed by atoms with E-state index in [2.05, 4.69) is 5.10 Å². The Morgan fingerprint density at radius 1 is 1.62 bits per heavy atom. The molecule has 0 saturated carbocycles. The van der Waals surface area contributed by atoms with Crippen LogP contribution < -0.4 is 5.73 Å². The van der Waals surface area contributed by atoms with Crippen molar-refractivity contribution in [3.05, 3.63) is 29.4 Å². The first-order chi connectivity index (χ1) is 7.50. The van der Waals surface area contributed by atoms with Gasteiger partial charge in [0.15, 0.2) is 0 Å². The lowest BCUT2D eigenvalue weighted by molar-refractivity contribution is 0.462. The minimum atomic E-state index is -0.911. The Morgan fingerprint density at radius 3 is 3.06 bits per heavy atom. The minimum Gasteiger partial charge on any atom is -0.312 e. The van der Waals surface area contributed by atoms with E-state index in [1.165, 1.54) is 0 Å². The Morgan fingerprint density at radius 2 is 2.38 bits per heavy atom. The molecule has 16 heavy (non-hydrogen) atoms. The van der Waals surface area contributed by atoms with Gasteiger partial charge < -0.3 is 5.73 Å². The number of nitrogens with two attached hydrogens (primary N) is 1. The molecule has 1 aromatic heterocycles. The first-order valence-corrected chi connectivity index (χ1v) is 5.21. The average Bonchev–Trinajstić information content (AvgIpc) is 2.58. The number of hydrogen-bond acceptors (Lipinski definition) is 3. The zero-order valence-corrected chi connectivity index (χ0v) is 9.57. The molecular weight excluding hydrogens is 224 g/mol. The SMILES string of the molecule is C[C@@](N)(C#N)Cn1cc2ccc(Cl)cc2n1. The maximum Gasteiger partial charge on any atom is 0.121 e. The van der Waals surface area contributed by atoms with Gasteiger partial charge in [0.25, 0.3) is 0 Å². The molecule has 1 heterocycles. The van der Waals surface area contributed by atoms with Crippen molar-refractivity contribution in [3.8, 4) is 6.07 Å². The number of rotatable bonds is 2. The zero-order chi connectivity index (χ0) is 11.8. The normalized spacial score (nSPS) is 14.6. The van der Waals surface area contributed by atoms with Crippen molar-refractivity contribution in [3.63, 3.8) is 0 Å². The quantitative estimate of drug-likeness (QED) is 0.863. The van der Waals surface area contributed by atoms with Gasteiger partial charge in [-0.3, -0.25) is 4.68 Å². The Kier molecular flexibility index (Phi) is 2.58. The molecule has 2 aromatic rings. The smallest absolute Gasteiger partial charge is 0.121 e. The van der Waals surface area contributed by atoms with Crippen LogP contribution in [0.2, 0.25) is 5.02 Å². The van der Waals surface area contributed by atoms with E-state index in [-0.39, 0.29) is 0 Å². The zero-order valence-electron chi connectivity index (χ0n) is 8.81. The lowest BCUT2D eigenvalue weighted by atomic mass is 10.1. The van der Waals surface area contributed by atoms with Crippen molar-refractivity contribution in [2.45, 2.75) is 19.0 Å². The molecule has 2 rings (SSSR count). The van der Waals surface area contributed by atoms with Gasteiger partial charge in [-0.25, -0.2) is 0 Å². The van der Waals surface area contributed by atoms with Crippen LogP contribution in [0.1, 0.15) is 6.92 Å². The highest BCUT2D eigenvalue weighted by Crippen LogP contribution is 2.18. The predicted octanol–water partition coefficient (Wildman–Crippen LogP) is 1.93. The summed E-state index contributed by atoms with van der Waals surface area (Å²) in [5.74, 6) is 0. The first kappa shape index (κ1) is 10.9. The highest BCUT2D eigenvalue weighted by molar-refractivity contribution is 6.31. The van der Waals surface area contributed by atoms with Crippen LogP contribution in [0.4, 0.5) is 0 Å². The van der Waals surface area contributed by atoms with Crippen LogP contribution in [-0.4, -0.2) is 15.3 Å². The molecule has 0 aliphatic rings. The van der Waals surface area contributed by atoms with E-state index in [1.807, 2.05) is 24.4 Å². The maximum absolute atomic E-state index is 8.84. The molecule has 0 unspecified atom stereocenters. The summed E-state index contributed by atoms with van der Waals surface area (Å²) in [5.41, 5.74) is 5.65. The summed E-state index contributed by atoms with van der Waals surface area (Å²) in [4.78, 5) is 0. The van der Waals surface area contributed by atoms with Crippen LogP contribution >= 0.6 is 11.6 Å². The molecular formula is C11H11ClN4. The van der Waals surface area contributed by atoms with Crippen molar-refractivity contribution in [2.24, 2.45) is 5.73 Å². The van der Waals surface area contributed by atoms with Gasteiger partial charge in [0.2, 0.25) is 0 Å². The molecule has 4 nitrogen and oxygen atoms in total. The topological polar surface area (TPSA) is 67.6 Å². The molecule has 0 fully saturated rings. The van der Waals surface area contributed by atoms with Crippen LogP contribution in [0.15, 0.2) is 24.4 Å². The lowest BCUT2D eigenvalue weighted by Gasteiger charge is -2.14. The second-order valence-electron chi connectivity index (χ2n) is 4.06. The summed E-state index contributed by atoms with van der Waals surface area (Å²) in [6.07, 6.45) is 1.86. The Hall–Kier alpha value is -1.57. The molecule has 82 valence electrons. The Labute approximate surface area is 98.2 Å². The van der Waals surface area contributed by atoms with Gasteiger partial charge in [0, 0.05) is 16.6 Å². The number of fused-ring (bicyclic) bond motifs is 1. The van der Waals surface area contributed by atoms with Crippen molar-refractivity contribution >= 4 is 22.5 Å². The Bertz CT molecular complexity index is 565. The van der Waals surface area contributed by atoms with Crippen LogP contribution in [0.3, 0.4) is 0 Å². The minimum absolute atomic E-state index is 0.357. The third-order valence-corrected chi connectivity index (χ3v) is 2.50. The molecule has 1 aromatic carbocycles. The second kappa shape index (κ2) is 3.78. The second-order valence-corrected chi connectivity index (χ2v) is 4.50. The number of benzene rings is 1. The number of hydrogen-bond donors (Lipinski definition) is 1. The van der Waals surface area contributed by atoms with E-state index in [9.17, 15) is 0 Å². The summed E-state index contributed by atoms with van der Waals surface area (Å²) in [6.45, 7) is 2.03. The van der Waals surface area contributed by atoms with Crippen molar-refractivity contribution in [2.75, 3.05) is 0 Å². The van der Waals surface area contributed by atoms with Gasteiger partial charge in [0.05, 0.1) is 18.1 Å². The fourth-order valence-corrected chi connectivity index (χ4v) is 1.66. The fourth-order valence-electron chi connectivity index (χ4n) is 1.49. The number of nitriles is 1. The third-order valence-electron chi connectivity index (χ3n) is 2.26. The van der Waals surface area contributed by atoms with Gasteiger partial charge in [-0.2, -0.15) is 10.4 Å². The molecule has 0 amide bonds. The van der Waals surface area contributed by atoms with E-state index in [0.717, 1.165) is 10.9 Å². The number of halogens is 1. The van der Waals surface area contributed by atoms with Crippen LogP contribution in [0.5, 0.6) is 0 Å². The number of aromatic nitrogens is 2. The highest BCUT2D eigenvalue weighted by atomic mass is 35.5. The number of nitrogens with zero attached hydrogens (tertiary/aromatic N) is 3. The molecule has 1 atom stereocenters. The molecule has 0 radical (unpaired) electrons. The van der Waals surface area contributed by atoms with Crippen LogP contribution in [0, 0.1) is 11.3 Å². The third kappa shape index (κ3) is 2.16. The predicted molar refractivity (Wildman–Crippen MR) is 62.9 cm³/mol. The summed E-state index contributed by atoms with van der Waals surface area (Å²) < 4.78 is 1.67. The van der Waals surface area contributed by atoms with E-state index in [1.54, 1.807) is 17.7 Å². The average molecular weight is 235 g/mol. The first-order valence-electron chi connectivity index (χ1n) is 4.83. The van der Waals surface area contributed by atoms with E-state index < -0.39 is 5.54 Å². The monoisotopic (exact) mass is 234 g/mol. The molecule has 0 saturated heterocycles. The highest BCUT2D eigenvalue weighted by Gasteiger charge is 2.18. The van der Waals surface area contributed by atoms with Crippen molar-refractivity contribution in [1.82, 2.24) is 9.78 Å². The lowest BCUT2D eigenvalue weighted by Crippen LogP contribution is -2.39. The Balaban J connectivity index is 2.38. The molecule has 5 heteroatoms. The maximum atomic E-state index is 8.84. The summed E-state index contributed by atoms with van der Waals surface area (Å²) in [7, 11) is 0. The summed E-state index contributed by atoms with van der Waals surface area (Å²) in [5, 5.41) is 14.8. The van der Waals surface area contributed by atoms with E-state index in [4.69, 9.17) is 22.6 Å². The molecule has 0 aliphatic heterocycles. The van der Waals surface area contributed by atoms with E-state index in [0.29, 0.717) is 11.6 Å². The summed E-state index contributed by atoms with van der Waals surface area (Å²) in [6, 6.07) is 7.52. The fraction of sp³-hybridized carbons (Fsp3) is 0.273. The molecule has 2 N–H and O–H groups in total. The molecule has 0 spiro atoms. The summed E-state index contributed by atoms with van der Waals surface area (Å²) >= 11 is 5.86. The van der Waals surface area contributed by atoms with Gasteiger partial charge in [-0.1, -0.05) is 11.6 Å². The van der Waals surface area contributed by atoms with Crippen molar-refractivity contribution < 1.29 is 0 Å². The van der Waals surface area contributed by atoms with Gasteiger partial charge in [-0.15, -0.1) is 0 Å². The largest absolute Gasteiger partial charge is 0.312 e. The molecule has 0 aliphatic carbocycles. The standard InChI is InChI=1S/C11H11ClN4/c1-11(14,6-13)7-16-5-8-2-3-9(12)4-10(8)15-16/h2-5H,7,14H2,1H3/t11-/m1/s1. The van der Waals surface area contributed by atoms with Crippen molar-refractivity contribution in [1.29, 1.82) is 5.26 Å². The van der Waals surface area contributed by atoms with Gasteiger partial charge >= 0.3 is 0 Å². The van der Waals surface area contributed by atoms with Gasteiger partial charge in [0.1, 0.15) is 5.54 Å².